The molecule has 7 nitrogen and oxygen atoms in total. The van der Waals surface area contributed by atoms with Crippen molar-refractivity contribution in [2.24, 2.45) is 0 Å². The Morgan fingerprint density at radius 2 is 1.89 bits per heavy atom. The van der Waals surface area contributed by atoms with Crippen molar-refractivity contribution in [2.45, 2.75) is 20.4 Å². The third-order valence-electron chi connectivity index (χ3n) is 4.48. The van der Waals surface area contributed by atoms with E-state index in [-0.39, 0.29) is 5.91 Å². The summed E-state index contributed by atoms with van der Waals surface area (Å²) < 4.78 is 5.33. The Morgan fingerprint density at radius 3 is 2.63 bits per heavy atom. The first-order valence-corrected chi connectivity index (χ1v) is 9.33. The van der Waals surface area contributed by atoms with Gasteiger partial charge in [0.05, 0.1) is 13.2 Å². The van der Waals surface area contributed by atoms with Crippen LogP contribution in [-0.4, -0.2) is 60.2 Å². The largest absolute Gasteiger partial charge is 0.379 e. The minimum Gasteiger partial charge on any atom is -0.379 e. The molecule has 3 rings (SSSR count). The number of benzene rings is 1. The predicted octanol–water partition coefficient (Wildman–Crippen LogP) is 1.77. The normalized spacial score (nSPS) is 14.7. The van der Waals surface area contributed by atoms with Crippen LogP contribution < -0.4 is 10.6 Å². The Labute approximate surface area is 160 Å². The summed E-state index contributed by atoms with van der Waals surface area (Å²) in [6.07, 6.45) is 0. The van der Waals surface area contributed by atoms with E-state index < -0.39 is 0 Å². The highest BCUT2D eigenvalue weighted by molar-refractivity contribution is 5.92. The maximum atomic E-state index is 12.4. The molecule has 7 heteroatoms. The monoisotopic (exact) mass is 369 g/mol. The topological polar surface area (TPSA) is 79.4 Å². The molecular formula is C20H27N5O2. The molecule has 1 fully saturated rings. The first-order chi connectivity index (χ1) is 13.1. The van der Waals surface area contributed by atoms with Gasteiger partial charge in [-0.2, -0.15) is 0 Å². The molecule has 27 heavy (non-hydrogen) atoms. The third kappa shape index (κ3) is 6.01. The number of aromatic nitrogens is 2. The van der Waals surface area contributed by atoms with Crippen molar-refractivity contribution in [3.63, 3.8) is 0 Å². The van der Waals surface area contributed by atoms with Crippen molar-refractivity contribution in [1.82, 2.24) is 20.2 Å². The fraction of sp³-hybridized carbons (Fsp3) is 0.450. The molecule has 0 saturated carbocycles. The lowest BCUT2D eigenvalue weighted by atomic mass is 10.1. The summed E-state index contributed by atoms with van der Waals surface area (Å²) in [7, 11) is 0. The van der Waals surface area contributed by atoms with E-state index in [1.54, 1.807) is 6.07 Å². The summed E-state index contributed by atoms with van der Waals surface area (Å²) in [6.45, 7) is 9.29. The minimum absolute atomic E-state index is 0.174. The summed E-state index contributed by atoms with van der Waals surface area (Å²) in [4.78, 5) is 23.5. The number of hydrogen-bond donors (Lipinski definition) is 2. The Morgan fingerprint density at radius 1 is 1.15 bits per heavy atom. The molecule has 1 amide bonds. The van der Waals surface area contributed by atoms with Crippen LogP contribution in [0.2, 0.25) is 0 Å². The molecule has 1 aromatic carbocycles. The van der Waals surface area contributed by atoms with Crippen molar-refractivity contribution in [3.05, 3.63) is 52.8 Å². The zero-order chi connectivity index (χ0) is 19.1. The number of aryl methyl sites for hydroxylation is 2. The van der Waals surface area contributed by atoms with Crippen LogP contribution >= 0.6 is 0 Å². The molecule has 2 aromatic rings. The lowest BCUT2D eigenvalue weighted by molar-refractivity contribution is 0.0383. The average molecular weight is 369 g/mol. The molecule has 1 aliphatic rings. The lowest BCUT2D eigenvalue weighted by Crippen LogP contribution is -2.41. The van der Waals surface area contributed by atoms with E-state index in [1.165, 1.54) is 5.56 Å². The summed E-state index contributed by atoms with van der Waals surface area (Å²) in [5.41, 5.74) is 3.51. The molecule has 0 spiro atoms. The van der Waals surface area contributed by atoms with Gasteiger partial charge in [0.15, 0.2) is 0 Å². The number of rotatable bonds is 7. The minimum atomic E-state index is -0.174. The van der Waals surface area contributed by atoms with Gasteiger partial charge in [0.1, 0.15) is 5.69 Å². The number of carbonyl (C=O) groups is 1. The van der Waals surface area contributed by atoms with Crippen molar-refractivity contribution < 1.29 is 9.53 Å². The number of anilines is 1. The zero-order valence-corrected chi connectivity index (χ0v) is 16.0. The van der Waals surface area contributed by atoms with Crippen LogP contribution in [0.3, 0.4) is 0 Å². The molecule has 0 bridgehead atoms. The van der Waals surface area contributed by atoms with Gasteiger partial charge in [-0.05, 0) is 25.5 Å². The highest BCUT2D eigenvalue weighted by Gasteiger charge is 2.13. The van der Waals surface area contributed by atoms with Crippen LogP contribution in [0.15, 0.2) is 30.3 Å². The van der Waals surface area contributed by atoms with Gasteiger partial charge < -0.3 is 15.4 Å². The summed E-state index contributed by atoms with van der Waals surface area (Å²) >= 11 is 0. The van der Waals surface area contributed by atoms with Gasteiger partial charge in [0.25, 0.3) is 5.91 Å². The molecule has 0 aliphatic carbocycles. The van der Waals surface area contributed by atoms with Crippen molar-refractivity contribution in [2.75, 3.05) is 44.7 Å². The number of nitrogens with zero attached hydrogens (tertiary/aromatic N) is 3. The highest BCUT2D eigenvalue weighted by Crippen LogP contribution is 2.09. The van der Waals surface area contributed by atoms with Crippen molar-refractivity contribution in [3.8, 4) is 0 Å². The van der Waals surface area contributed by atoms with Gasteiger partial charge in [0, 0.05) is 38.4 Å². The Bertz CT molecular complexity index is 757. The molecule has 0 atom stereocenters. The van der Waals surface area contributed by atoms with Crippen LogP contribution in [0.5, 0.6) is 0 Å². The number of morpholine rings is 1. The van der Waals surface area contributed by atoms with Crippen LogP contribution in [0, 0.1) is 13.8 Å². The summed E-state index contributed by atoms with van der Waals surface area (Å²) in [5, 5.41) is 6.14. The zero-order valence-electron chi connectivity index (χ0n) is 16.0. The van der Waals surface area contributed by atoms with E-state index in [0.29, 0.717) is 24.7 Å². The molecule has 2 N–H and O–H groups in total. The first-order valence-electron chi connectivity index (χ1n) is 9.33. The van der Waals surface area contributed by atoms with Crippen molar-refractivity contribution >= 4 is 11.9 Å². The summed E-state index contributed by atoms with van der Waals surface area (Å²) in [6, 6.07) is 9.98. The van der Waals surface area contributed by atoms with E-state index in [1.807, 2.05) is 6.92 Å². The van der Waals surface area contributed by atoms with Crippen LogP contribution in [-0.2, 0) is 11.3 Å². The Kier molecular flexibility index (Phi) is 6.73. The molecule has 0 unspecified atom stereocenters. The van der Waals surface area contributed by atoms with Crippen LogP contribution in [0.1, 0.15) is 27.3 Å². The van der Waals surface area contributed by atoms with Crippen LogP contribution in [0.25, 0.3) is 0 Å². The Hall–Kier alpha value is -2.51. The van der Waals surface area contributed by atoms with Gasteiger partial charge in [-0.1, -0.05) is 29.8 Å². The molecule has 144 valence electrons. The van der Waals surface area contributed by atoms with Gasteiger partial charge >= 0.3 is 0 Å². The van der Waals surface area contributed by atoms with Crippen molar-refractivity contribution in [1.29, 1.82) is 0 Å². The van der Waals surface area contributed by atoms with E-state index >= 15 is 0 Å². The molecule has 2 heterocycles. The molecule has 0 radical (unpaired) electrons. The number of amides is 1. The fourth-order valence-electron chi connectivity index (χ4n) is 2.89. The number of carbonyl (C=O) groups excluding carboxylic acids is 1. The quantitative estimate of drug-likeness (QED) is 0.774. The highest BCUT2D eigenvalue weighted by atomic mass is 16.5. The lowest BCUT2D eigenvalue weighted by Gasteiger charge is -2.26. The van der Waals surface area contributed by atoms with Gasteiger partial charge in [-0.3, -0.25) is 9.69 Å². The molecular weight excluding hydrogens is 342 g/mol. The van der Waals surface area contributed by atoms with E-state index in [9.17, 15) is 4.79 Å². The average Bonchev–Trinajstić information content (AvgIpc) is 2.68. The number of hydrogen-bond acceptors (Lipinski definition) is 6. The molecule has 1 aromatic heterocycles. The van der Waals surface area contributed by atoms with Crippen LogP contribution in [0.4, 0.5) is 5.95 Å². The van der Waals surface area contributed by atoms with E-state index in [0.717, 1.165) is 44.1 Å². The SMILES string of the molecule is Cc1ccc(CNc2nc(C)cc(C(=O)NCCN3CCOCC3)n2)cc1. The second-order valence-electron chi connectivity index (χ2n) is 6.77. The van der Waals surface area contributed by atoms with E-state index in [4.69, 9.17) is 4.74 Å². The molecule has 1 saturated heterocycles. The first kappa shape index (κ1) is 19.3. The van der Waals surface area contributed by atoms with Gasteiger partial charge in [-0.25, -0.2) is 9.97 Å². The van der Waals surface area contributed by atoms with Gasteiger partial charge in [-0.15, -0.1) is 0 Å². The number of nitrogens with one attached hydrogen (secondary N) is 2. The fourth-order valence-corrected chi connectivity index (χ4v) is 2.89. The second kappa shape index (κ2) is 9.43. The smallest absolute Gasteiger partial charge is 0.270 e. The number of ether oxygens (including phenoxy) is 1. The summed E-state index contributed by atoms with van der Waals surface area (Å²) in [5.74, 6) is 0.293. The molecule has 1 aliphatic heterocycles. The second-order valence-corrected chi connectivity index (χ2v) is 6.77. The van der Waals surface area contributed by atoms with E-state index in [2.05, 4.69) is 56.7 Å². The third-order valence-corrected chi connectivity index (χ3v) is 4.48. The predicted molar refractivity (Wildman–Crippen MR) is 105 cm³/mol. The standard InChI is InChI=1S/C20H27N5O2/c1-15-3-5-17(6-4-15)14-22-20-23-16(2)13-18(24-20)19(26)21-7-8-25-9-11-27-12-10-25/h3-6,13H,7-12,14H2,1-2H3,(H,21,26)(H,22,23,24). The Balaban J connectivity index is 1.53. The van der Waals surface area contributed by atoms with Gasteiger partial charge in [0.2, 0.25) is 5.95 Å². The maximum Gasteiger partial charge on any atom is 0.270 e. The maximum absolute atomic E-state index is 12.4.